The molecule has 2 aromatic carbocycles. The maximum absolute atomic E-state index is 14.2. The maximum Gasteiger partial charge on any atom is 0.341 e. The van der Waals surface area contributed by atoms with Crippen LogP contribution in [0.3, 0.4) is 0 Å². The fraction of sp³-hybridized carbons (Fsp3) is 0.111. The van der Waals surface area contributed by atoms with E-state index in [9.17, 15) is 22.4 Å². The highest BCUT2D eigenvalue weighted by Gasteiger charge is 2.29. The molecule has 0 spiro atoms. The molecule has 0 amide bonds. The molecule has 1 aromatic heterocycles. The van der Waals surface area contributed by atoms with Crippen molar-refractivity contribution < 1.29 is 27.5 Å². The molecular formula is C18H12F4N2O2S. The molecule has 0 fully saturated rings. The summed E-state index contributed by atoms with van der Waals surface area (Å²) in [6.45, 7) is 2.16. The van der Waals surface area contributed by atoms with E-state index in [-0.39, 0.29) is 4.80 Å². The third-order valence-corrected chi connectivity index (χ3v) is 4.71. The number of aromatic carboxylic acids is 1. The molecule has 0 saturated carbocycles. The summed E-state index contributed by atoms with van der Waals surface area (Å²) in [4.78, 5) is 14.7. The van der Waals surface area contributed by atoms with E-state index in [1.807, 2.05) is 30.3 Å². The summed E-state index contributed by atoms with van der Waals surface area (Å²) < 4.78 is 57.7. The molecule has 3 rings (SSSR count). The Morgan fingerprint density at radius 1 is 1.07 bits per heavy atom. The second kappa shape index (κ2) is 7.36. The van der Waals surface area contributed by atoms with E-state index < -0.39 is 40.5 Å². The molecule has 4 nitrogen and oxygen atoms in total. The van der Waals surface area contributed by atoms with Gasteiger partial charge in [-0.1, -0.05) is 30.3 Å². The Morgan fingerprint density at radius 3 is 2.19 bits per heavy atom. The van der Waals surface area contributed by atoms with E-state index in [0.29, 0.717) is 12.2 Å². The topological polar surface area (TPSA) is 54.6 Å². The second-order valence-corrected chi connectivity index (χ2v) is 6.25. The van der Waals surface area contributed by atoms with Crippen molar-refractivity contribution >= 4 is 23.0 Å². The van der Waals surface area contributed by atoms with Gasteiger partial charge in [0.25, 0.3) is 0 Å². The Hall–Kier alpha value is -2.94. The van der Waals surface area contributed by atoms with Crippen molar-refractivity contribution in [2.24, 2.45) is 4.99 Å². The minimum atomic E-state index is -2.11. The number of aromatic nitrogens is 1. The summed E-state index contributed by atoms with van der Waals surface area (Å²) >= 11 is 1.03. The molecule has 140 valence electrons. The van der Waals surface area contributed by atoms with Crippen molar-refractivity contribution in [3.05, 3.63) is 69.3 Å². The molecule has 1 heterocycles. The van der Waals surface area contributed by atoms with E-state index in [2.05, 4.69) is 4.99 Å². The quantitative estimate of drug-likeness (QED) is 0.512. The van der Waals surface area contributed by atoms with Crippen LogP contribution >= 0.6 is 11.3 Å². The number of carbonyl (C=O) groups is 1. The van der Waals surface area contributed by atoms with Crippen molar-refractivity contribution in [2.45, 2.75) is 13.5 Å². The second-order valence-electron chi connectivity index (χ2n) is 5.41. The lowest BCUT2D eigenvalue weighted by atomic mass is 10.1. The smallest absolute Gasteiger partial charge is 0.341 e. The highest BCUT2D eigenvalue weighted by molar-refractivity contribution is 7.07. The zero-order valence-corrected chi connectivity index (χ0v) is 14.7. The highest BCUT2D eigenvalue weighted by atomic mass is 32.1. The monoisotopic (exact) mass is 396 g/mol. The van der Waals surface area contributed by atoms with Crippen molar-refractivity contribution in [1.82, 2.24) is 4.57 Å². The van der Waals surface area contributed by atoms with Gasteiger partial charge in [-0.3, -0.25) is 0 Å². The van der Waals surface area contributed by atoms with Crippen LogP contribution in [0.5, 0.6) is 0 Å². The minimum Gasteiger partial charge on any atom is -0.477 e. The summed E-state index contributed by atoms with van der Waals surface area (Å²) in [5.41, 5.74) is -1.36. The molecule has 9 heteroatoms. The average molecular weight is 396 g/mol. The van der Waals surface area contributed by atoms with Crippen molar-refractivity contribution in [3.8, 4) is 11.3 Å². The number of hydrogen-bond donors (Lipinski definition) is 1. The highest BCUT2D eigenvalue weighted by Crippen LogP contribution is 2.30. The van der Waals surface area contributed by atoms with Crippen LogP contribution in [0.1, 0.15) is 17.3 Å². The van der Waals surface area contributed by atoms with Gasteiger partial charge in [-0.2, -0.15) is 0 Å². The molecule has 0 radical (unpaired) electrons. The van der Waals surface area contributed by atoms with Crippen LogP contribution < -0.4 is 4.80 Å². The molecule has 0 atom stereocenters. The molecule has 0 aliphatic heterocycles. The first-order valence-corrected chi connectivity index (χ1v) is 8.62. The predicted molar refractivity (Wildman–Crippen MR) is 91.9 cm³/mol. The van der Waals surface area contributed by atoms with E-state index in [1.54, 1.807) is 16.9 Å². The molecule has 0 aliphatic rings. The van der Waals surface area contributed by atoms with Gasteiger partial charge >= 0.3 is 5.97 Å². The third kappa shape index (κ3) is 3.25. The fourth-order valence-electron chi connectivity index (χ4n) is 2.57. The van der Waals surface area contributed by atoms with Gasteiger partial charge in [-0.15, -0.1) is 11.3 Å². The zero-order valence-electron chi connectivity index (χ0n) is 13.8. The molecule has 0 unspecified atom stereocenters. The van der Waals surface area contributed by atoms with E-state index >= 15 is 0 Å². The Morgan fingerprint density at radius 2 is 1.67 bits per heavy atom. The standard InChI is InChI=1S/C18H12F4N2O2S/c1-2-24-10(9-6-4-3-5-7-9)8-27-18(24)23-16-14(21)12(19)11(17(25)26)13(20)15(16)22/h3-8H,2H2,1H3,(H,25,26)/b23-18-. The number of rotatable bonds is 4. The van der Waals surface area contributed by atoms with Crippen LogP contribution in [0, 0.1) is 23.3 Å². The number of halogens is 4. The summed E-state index contributed by atoms with van der Waals surface area (Å²) in [5, 5.41) is 10.4. The van der Waals surface area contributed by atoms with Crippen LogP contribution in [-0.2, 0) is 6.54 Å². The summed E-state index contributed by atoms with van der Waals surface area (Å²) in [7, 11) is 0. The Balaban J connectivity index is 2.25. The van der Waals surface area contributed by atoms with Crippen LogP contribution in [-0.4, -0.2) is 15.6 Å². The zero-order chi connectivity index (χ0) is 19.7. The Bertz CT molecular complexity index is 1060. The molecular weight excluding hydrogens is 384 g/mol. The van der Waals surface area contributed by atoms with Gasteiger partial charge in [0.1, 0.15) is 11.3 Å². The van der Waals surface area contributed by atoms with Gasteiger partial charge in [0.05, 0.1) is 5.69 Å². The lowest BCUT2D eigenvalue weighted by molar-refractivity contribution is 0.0683. The Kier molecular flexibility index (Phi) is 5.13. The molecule has 0 saturated heterocycles. The summed E-state index contributed by atoms with van der Waals surface area (Å²) in [5.74, 6) is -9.82. The first-order chi connectivity index (χ1) is 12.9. The van der Waals surface area contributed by atoms with Gasteiger partial charge in [0.15, 0.2) is 28.1 Å². The molecule has 3 aromatic rings. The van der Waals surface area contributed by atoms with Crippen molar-refractivity contribution in [3.63, 3.8) is 0 Å². The average Bonchev–Trinajstić information content (AvgIpc) is 3.07. The number of hydrogen-bond acceptors (Lipinski definition) is 3. The molecule has 0 aliphatic carbocycles. The lowest BCUT2D eigenvalue weighted by Crippen LogP contribution is -2.16. The van der Waals surface area contributed by atoms with Crippen LogP contribution in [0.2, 0.25) is 0 Å². The SMILES string of the molecule is CCn1c(-c2ccccc2)cs/c1=N\c1c(F)c(F)c(C(=O)O)c(F)c1F. The van der Waals surface area contributed by atoms with Crippen molar-refractivity contribution in [2.75, 3.05) is 0 Å². The summed E-state index contributed by atoms with van der Waals surface area (Å²) in [6, 6.07) is 9.13. The van der Waals surface area contributed by atoms with Crippen LogP contribution in [0.4, 0.5) is 23.2 Å². The number of carboxylic acids is 1. The normalized spacial score (nSPS) is 11.8. The number of nitrogens with zero attached hydrogens (tertiary/aromatic N) is 2. The van der Waals surface area contributed by atoms with E-state index in [0.717, 1.165) is 16.9 Å². The van der Waals surface area contributed by atoms with Gasteiger partial charge in [-0.05, 0) is 12.5 Å². The fourth-order valence-corrected chi connectivity index (χ4v) is 3.54. The number of carboxylic acid groups (broad SMARTS) is 1. The van der Waals surface area contributed by atoms with Gasteiger partial charge in [0.2, 0.25) is 0 Å². The number of thiazole rings is 1. The van der Waals surface area contributed by atoms with E-state index in [4.69, 9.17) is 5.11 Å². The van der Waals surface area contributed by atoms with Crippen LogP contribution in [0.25, 0.3) is 11.3 Å². The van der Waals surface area contributed by atoms with Gasteiger partial charge in [0, 0.05) is 11.9 Å². The molecule has 27 heavy (non-hydrogen) atoms. The lowest BCUT2D eigenvalue weighted by Gasteiger charge is -2.08. The number of benzene rings is 2. The third-order valence-electron chi connectivity index (χ3n) is 3.84. The molecule has 1 N–H and O–H groups in total. The first kappa shape index (κ1) is 18.8. The largest absolute Gasteiger partial charge is 0.477 e. The Labute approximate surface area is 154 Å². The van der Waals surface area contributed by atoms with Crippen molar-refractivity contribution in [1.29, 1.82) is 0 Å². The minimum absolute atomic E-state index is 0.107. The van der Waals surface area contributed by atoms with Gasteiger partial charge in [-0.25, -0.2) is 27.3 Å². The maximum atomic E-state index is 14.2. The van der Waals surface area contributed by atoms with Gasteiger partial charge < -0.3 is 9.67 Å². The van der Waals surface area contributed by atoms with E-state index in [1.165, 1.54) is 0 Å². The summed E-state index contributed by atoms with van der Waals surface area (Å²) in [6.07, 6.45) is 0. The molecule has 0 bridgehead atoms. The first-order valence-electron chi connectivity index (χ1n) is 7.74. The van der Waals surface area contributed by atoms with Crippen LogP contribution in [0.15, 0.2) is 40.7 Å². The predicted octanol–water partition coefficient (Wildman–Crippen LogP) is 4.72.